The predicted octanol–water partition coefficient (Wildman–Crippen LogP) is 2.11. The van der Waals surface area contributed by atoms with Gasteiger partial charge in [0.05, 0.1) is 22.6 Å². The Morgan fingerprint density at radius 1 is 1.48 bits per heavy atom. The highest BCUT2D eigenvalue weighted by Crippen LogP contribution is 2.19. The van der Waals surface area contributed by atoms with Gasteiger partial charge >= 0.3 is 0 Å². The van der Waals surface area contributed by atoms with Gasteiger partial charge in [0.15, 0.2) is 0 Å². The van der Waals surface area contributed by atoms with Crippen molar-refractivity contribution in [2.24, 2.45) is 7.05 Å². The number of amides is 1. The Hall–Kier alpha value is -1.82. The number of hydrogen-bond acceptors (Lipinski definition) is 3. The van der Waals surface area contributed by atoms with Crippen molar-refractivity contribution in [1.82, 2.24) is 24.5 Å². The molecule has 0 spiro atoms. The van der Waals surface area contributed by atoms with E-state index in [2.05, 4.69) is 10.2 Å². The molecule has 0 bridgehead atoms. The largest absolute Gasteiger partial charge is 0.339 e. The number of aromatic nitrogens is 4. The fourth-order valence-electron chi connectivity index (χ4n) is 2.35. The van der Waals surface area contributed by atoms with Crippen molar-refractivity contribution in [3.8, 4) is 0 Å². The minimum Gasteiger partial charge on any atom is -0.339 e. The van der Waals surface area contributed by atoms with E-state index in [1.54, 1.807) is 27.5 Å². The zero-order valence-corrected chi connectivity index (χ0v) is 13.7. The molecule has 0 aliphatic heterocycles. The molecule has 2 rings (SSSR count). The van der Waals surface area contributed by atoms with Crippen LogP contribution >= 0.6 is 11.6 Å². The van der Waals surface area contributed by atoms with Gasteiger partial charge in [-0.2, -0.15) is 10.2 Å². The lowest BCUT2D eigenvalue weighted by Crippen LogP contribution is -2.33. The first-order valence-corrected chi connectivity index (χ1v) is 7.12. The fourth-order valence-corrected chi connectivity index (χ4v) is 2.48. The summed E-state index contributed by atoms with van der Waals surface area (Å²) in [6, 6.07) is -0.389. The van der Waals surface area contributed by atoms with Crippen LogP contribution in [0.2, 0.25) is 5.02 Å². The highest BCUT2D eigenvalue weighted by Gasteiger charge is 2.22. The Morgan fingerprint density at radius 3 is 2.62 bits per heavy atom. The van der Waals surface area contributed by atoms with Gasteiger partial charge in [-0.3, -0.25) is 14.2 Å². The third kappa shape index (κ3) is 3.10. The molecule has 0 saturated carbocycles. The van der Waals surface area contributed by atoms with Crippen molar-refractivity contribution >= 4 is 17.5 Å². The maximum atomic E-state index is 12.5. The van der Waals surface area contributed by atoms with E-state index in [1.165, 1.54) is 0 Å². The number of nitrogens with zero attached hydrogens (tertiary/aromatic N) is 5. The summed E-state index contributed by atoms with van der Waals surface area (Å²) in [6.07, 6.45) is 3.49. The third-order valence-electron chi connectivity index (χ3n) is 3.61. The van der Waals surface area contributed by atoms with Crippen LogP contribution in [0.15, 0.2) is 12.4 Å². The zero-order valence-electron chi connectivity index (χ0n) is 13.0. The molecule has 6 nitrogen and oxygen atoms in total. The van der Waals surface area contributed by atoms with Crippen LogP contribution in [0.3, 0.4) is 0 Å². The number of carbonyl (C=O) groups excluding carboxylic acids is 1. The molecule has 0 saturated heterocycles. The average Bonchev–Trinajstić information content (AvgIpc) is 2.91. The summed E-state index contributed by atoms with van der Waals surface area (Å²) < 4.78 is 3.40. The summed E-state index contributed by atoms with van der Waals surface area (Å²) in [5, 5.41) is 9.03. The zero-order chi connectivity index (χ0) is 15.7. The van der Waals surface area contributed by atoms with E-state index in [4.69, 9.17) is 11.6 Å². The highest BCUT2D eigenvalue weighted by atomic mass is 35.5. The molecule has 2 aromatic rings. The van der Waals surface area contributed by atoms with Crippen LogP contribution in [0.25, 0.3) is 0 Å². The van der Waals surface area contributed by atoms with Crippen LogP contribution in [0.1, 0.15) is 29.9 Å². The normalized spacial score (nSPS) is 12.5. The van der Waals surface area contributed by atoms with E-state index in [0.29, 0.717) is 11.6 Å². The summed E-state index contributed by atoms with van der Waals surface area (Å²) in [6.45, 7) is 6.14. The molecular formula is C14H20ClN5O. The molecule has 7 heteroatoms. The first kappa shape index (κ1) is 15.6. The Morgan fingerprint density at radius 2 is 2.14 bits per heavy atom. The average molecular weight is 310 g/mol. The van der Waals surface area contributed by atoms with Crippen molar-refractivity contribution in [1.29, 1.82) is 0 Å². The summed E-state index contributed by atoms with van der Waals surface area (Å²) in [4.78, 5) is 14.2. The van der Waals surface area contributed by atoms with Crippen molar-refractivity contribution in [3.05, 3.63) is 34.4 Å². The lowest BCUT2D eigenvalue weighted by atomic mass is 10.2. The topological polar surface area (TPSA) is 56.0 Å². The first-order valence-electron chi connectivity index (χ1n) is 6.75. The molecule has 0 aromatic carbocycles. The minimum absolute atomic E-state index is 0.0129. The van der Waals surface area contributed by atoms with Gasteiger partial charge < -0.3 is 4.90 Å². The van der Waals surface area contributed by atoms with Crippen molar-refractivity contribution in [3.63, 3.8) is 0 Å². The van der Waals surface area contributed by atoms with Gasteiger partial charge in [-0.15, -0.1) is 0 Å². The summed E-state index contributed by atoms with van der Waals surface area (Å²) in [7, 11) is 3.65. The van der Waals surface area contributed by atoms with Gasteiger partial charge in [-0.25, -0.2) is 0 Å². The molecule has 0 aliphatic carbocycles. The second-order valence-electron chi connectivity index (χ2n) is 5.31. The van der Waals surface area contributed by atoms with Gasteiger partial charge in [-0.05, 0) is 20.8 Å². The molecule has 0 radical (unpaired) electrons. The molecule has 1 atom stereocenters. The molecule has 2 heterocycles. The van der Waals surface area contributed by atoms with Crippen LogP contribution in [0.4, 0.5) is 0 Å². The fraction of sp³-hybridized carbons (Fsp3) is 0.500. The van der Waals surface area contributed by atoms with E-state index >= 15 is 0 Å². The molecule has 114 valence electrons. The molecule has 0 aliphatic rings. The summed E-state index contributed by atoms with van der Waals surface area (Å²) in [5.74, 6) is -0.0129. The van der Waals surface area contributed by atoms with Crippen molar-refractivity contribution in [2.45, 2.75) is 33.4 Å². The van der Waals surface area contributed by atoms with Crippen LogP contribution in [0.5, 0.6) is 0 Å². The standard InChI is InChI=1S/C14H20ClN5O/c1-9-12(8-19(5)17-9)7-18(4)14(21)11(3)20-10(2)13(15)6-16-20/h6,8,11H,7H2,1-5H3. The van der Waals surface area contributed by atoms with Gasteiger partial charge in [0.25, 0.3) is 0 Å². The Kier molecular flexibility index (Phi) is 4.37. The second kappa shape index (κ2) is 5.89. The number of hydrogen-bond donors (Lipinski definition) is 0. The summed E-state index contributed by atoms with van der Waals surface area (Å²) >= 11 is 5.99. The maximum absolute atomic E-state index is 12.5. The highest BCUT2D eigenvalue weighted by molar-refractivity contribution is 6.31. The molecule has 21 heavy (non-hydrogen) atoms. The van der Waals surface area contributed by atoms with Gasteiger partial charge in [-0.1, -0.05) is 11.6 Å². The summed E-state index contributed by atoms with van der Waals surface area (Å²) in [5.41, 5.74) is 2.77. The molecule has 1 amide bonds. The lowest BCUT2D eigenvalue weighted by molar-refractivity contribution is -0.133. The van der Waals surface area contributed by atoms with Crippen LogP contribution in [-0.4, -0.2) is 37.4 Å². The van der Waals surface area contributed by atoms with Crippen molar-refractivity contribution in [2.75, 3.05) is 7.05 Å². The number of rotatable bonds is 4. The third-order valence-corrected chi connectivity index (χ3v) is 3.98. The number of carbonyl (C=O) groups is 1. The van der Waals surface area contributed by atoms with E-state index in [-0.39, 0.29) is 11.9 Å². The molecule has 0 fully saturated rings. The monoisotopic (exact) mass is 309 g/mol. The Bertz CT molecular complexity index is 660. The van der Waals surface area contributed by atoms with E-state index < -0.39 is 0 Å². The van der Waals surface area contributed by atoms with Crippen molar-refractivity contribution < 1.29 is 4.79 Å². The van der Waals surface area contributed by atoms with Crippen LogP contribution < -0.4 is 0 Å². The quantitative estimate of drug-likeness (QED) is 0.869. The number of aryl methyl sites for hydroxylation is 2. The Labute approximate surface area is 129 Å². The molecule has 1 unspecified atom stereocenters. The van der Waals surface area contributed by atoms with Gasteiger partial charge in [0, 0.05) is 32.4 Å². The second-order valence-corrected chi connectivity index (χ2v) is 5.71. The van der Waals surface area contributed by atoms with Crippen LogP contribution in [0, 0.1) is 13.8 Å². The number of halogens is 1. The van der Waals surface area contributed by atoms with Crippen LogP contribution in [-0.2, 0) is 18.4 Å². The number of likely N-dealkylation sites (N-methyl/N-ethyl adjacent to an activating group) is 1. The molecule has 0 N–H and O–H groups in total. The first-order chi connectivity index (χ1) is 9.81. The van der Waals surface area contributed by atoms with E-state index in [0.717, 1.165) is 17.0 Å². The van der Waals surface area contributed by atoms with Gasteiger partial charge in [0.2, 0.25) is 5.91 Å². The molecule has 2 aromatic heterocycles. The van der Waals surface area contributed by atoms with Gasteiger partial charge in [0.1, 0.15) is 6.04 Å². The smallest absolute Gasteiger partial charge is 0.247 e. The maximum Gasteiger partial charge on any atom is 0.247 e. The lowest BCUT2D eigenvalue weighted by Gasteiger charge is -2.22. The predicted molar refractivity (Wildman–Crippen MR) is 81.1 cm³/mol. The Balaban J connectivity index is 2.12. The van der Waals surface area contributed by atoms with E-state index in [9.17, 15) is 4.79 Å². The minimum atomic E-state index is -0.389. The molecular weight excluding hydrogens is 290 g/mol. The SMILES string of the molecule is Cc1nn(C)cc1CN(C)C(=O)C(C)n1ncc(Cl)c1C. The van der Waals surface area contributed by atoms with E-state index in [1.807, 2.05) is 34.0 Å².